The maximum absolute atomic E-state index is 9.25. The predicted molar refractivity (Wildman–Crippen MR) is 39.6 cm³/mol. The fourth-order valence-electron chi connectivity index (χ4n) is 0.782. The molecule has 2 unspecified atom stereocenters. The second-order valence-corrected chi connectivity index (χ2v) is 2.26. The fraction of sp³-hybridized carbons (Fsp3) is 0.333. The lowest BCUT2D eigenvalue weighted by Crippen LogP contribution is -2.16. The molecule has 0 fully saturated rings. The minimum Gasteiger partial charge on any atom is -0.384 e. The molecule has 1 aromatic rings. The van der Waals surface area contributed by atoms with Crippen molar-refractivity contribution >= 4 is 5.82 Å². The molecule has 0 aliphatic carbocycles. The van der Waals surface area contributed by atoms with Crippen LogP contribution in [0.3, 0.4) is 0 Å². The third-order valence-electron chi connectivity index (χ3n) is 1.45. The summed E-state index contributed by atoms with van der Waals surface area (Å²) in [6.07, 6.45) is -1.53. The van der Waals surface area contributed by atoms with Crippen LogP contribution in [0.1, 0.15) is 11.7 Å². The van der Waals surface area contributed by atoms with E-state index in [9.17, 15) is 5.11 Å². The molecule has 1 rings (SSSR count). The second-order valence-electron chi connectivity index (χ2n) is 2.26. The van der Waals surface area contributed by atoms with Gasteiger partial charge < -0.3 is 15.9 Å². The van der Waals surface area contributed by atoms with Gasteiger partial charge in [-0.2, -0.15) is 10.4 Å². The van der Waals surface area contributed by atoms with Crippen molar-refractivity contribution in [3.8, 4) is 6.07 Å². The van der Waals surface area contributed by atoms with E-state index in [0.717, 1.165) is 0 Å². The van der Waals surface area contributed by atoms with Gasteiger partial charge in [-0.25, -0.2) is 0 Å². The normalized spacial score (nSPS) is 15.1. The number of aliphatic hydroxyl groups is 2. The Morgan fingerprint density at radius 2 is 2.33 bits per heavy atom. The van der Waals surface area contributed by atoms with Crippen LogP contribution < -0.4 is 5.73 Å². The first kappa shape index (κ1) is 8.52. The number of hydrogen-bond donors (Lipinski definition) is 4. The number of nitrogens with one attached hydrogen (secondary N) is 1. The van der Waals surface area contributed by atoms with E-state index in [1.807, 2.05) is 0 Å². The van der Waals surface area contributed by atoms with Gasteiger partial charge in [0.1, 0.15) is 11.9 Å². The molecule has 0 saturated carbocycles. The molecule has 0 aromatic carbocycles. The van der Waals surface area contributed by atoms with Gasteiger partial charge in [0, 0.05) is 5.56 Å². The molecule has 0 spiro atoms. The molecular formula is C6H8N4O2. The Balaban J connectivity index is 2.86. The smallest absolute Gasteiger partial charge is 0.170 e. The topological polar surface area (TPSA) is 119 Å². The van der Waals surface area contributed by atoms with Crippen LogP contribution in [0.4, 0.5) is 5.82 Å². The van der Waals surface area contributed by atoms with Gasteiger partial charge in [0.25, 0.3) is 0 Å². The van der Waals surface area contributed by atoms with Gasteiger partial charge >= 0.3 is 0 Å². The summed E-state index contributed by atoms with van der Waals surface area (Å²) in [4.78, 5) is 0. The van der Waals surface area contributed by atoms with Gasteiger partial charge in [0.2, 0.25) is 0 Å². The molecule has 5 N–H and O–H groups in total. The van der Waals surface area contributed by atoms with Crippen LogP contribution in [-0.4, -0.2) is 26.5 Å². The Morgan fingerprint density at radius 3 is 2.75 bits per heavy atom. The summed E-state index contributed by atoms with van der Waals surface area (Å²) in [6, 6.07) is 1.49. The average Bonchev–Trinajstić information content (AvgIpc) is 2.48. The molecule has 0 saturated heterocycles. The van der Waals surface area contributed by atoms with Gasteiger partial charge in [-0.1, -0.05) is 0 Å². The molecule has 0 amide bonds. The molecule has 2 atom stereocenters. The van der Waals surface area contributed by atoms with Crippen LogP contribution in [0.5, 0.6) is 0 Å². The quantitative estimate of drug-likeness (QED) is 0.418. The zero-order valence-electron chi connectivity index (χ0n) is 6.10. The van der Waals surface area contributed by atoms with Crippen molar-refractivity contribution in [1.82, 2.24) is 10.2 Å². The molecule has 12 heavy (non-hydrogen) atoms. The number of nitrogens with zero attached hydrogens (tertiary/aromatic N) is 2. The maximum Gasteiger partial charge on any atom is 0.170 e. The zero-order chi connectivity index (χ0) is 9.14. The third kappa shape index (κ3) is 1.37. The lowest BCUT2D eigenvalue weighted by molar-refractivity contribution is 0.0533. The van der Waals surface area contributed by atoms with Crippen LogP contribution in [-0.2, 0) is 0 Å². The van der Waals surface area contributed by atoms with Crippen LogP contribution in [0, 0.1) is 11.3 Å². The molecule has 1 heterocycles. The molecule has 0 radical (unpaired) electrons. The summed E-state index contributed by atoms with van der Waals surface area (Å²) < 4.78 is 0. The first-order valence-electron chi connectivity index (χ1n) is 3.21. The number of nitrogens with two attached hydrogens (primary N) is 1. The minimum atomic E-state index is -1.48. The van der Waals surface area contributed by atoms with Crippen LogP contribution in [0.2, 0.25) is 0 Å². The first-order chi connectivity index (χ1) is 5.66. The zero-order valence-corrected chi connectivity index (χ0v) is 6.10. The lowest BCUT2D eigenvalue weighted by Gasteiger charge is -2.09. The van der Waals surface area contributed by atoms with Gasteiger partial charge in [-0.15, -0.1) is 0 Å². The predicted octanol–water partition coefficient (Wildman–Crippen LogP) is -1.09. The highest BCUT2D eigenvalue weighted by Crippen LogP contribution is 2.19. The summed E-state index contributed by atoms with van der Waals surface area (Å²) in [5.74, 6) is 0.150. The molecule has 64 valence electrons. The highest BCUT2D eigenvalue weighted by molar-refractivity contribution is 5.39. The average molecular weight is 168 g/mol. The van der Waals surface area contributed by atoms with Gasteiger partial charge in [-0.3, -0.25) is 5.10 Å². The Morgan fingerprint density at radius 1 is 1.67 bits per heavy atom. The van der Waals surface area contributed by atoms with Crippen molar-refractivity contribution in [2.75, 3.05) is 5.73 Å². The molecule has 6 heteroatoms. The highest BCUT2D eigenvalue weighted by atomic mass is 16.3. The van der Waals surface area contributed by atoms with Crippen molar-refractivity contribution in [1.29, 1.82) is 5.26 Å². The summed E-state index contributed by atoms with van der Waals surface area (Å²) in [7, 11) is 0. The van der Waals surface area contributed by atoms with Crippen LogP contribution in [0.25, 0.3) is 0 Å². The number of rotatable bonds is 2. The SMILES string of the molecule is N#CC(O)C(O)c1cn[nH]c1N. The minimum absolute atomic E-state index is 0.150. The van der Waals surface area contributed by atoms with E-state index >= 15 is 0 Å². The first-order valence-corrected chi connectivity index (χ1v) is 3.21. The van der Waals surface area contributed by atoms with E-state index in [4.69, 9.17) is 16.1 Å². The number of hydrogen-bond acceptors (Lipinski definition) is 5. The van der Waals surface area contributed by atoms with E-state index in [1.54, 1.807) is 0 Å². The Kier molecular flexibility index (Phi) is 2.28. The molecule has 0 aliphatic heterocycles. The Bertz CT molecular complexity index is 303. The Labute approximate surface area is 68.2 Å². The van der Waals surface area contributed by atoms with E-state index < -0.39 is 12.2 Å². The van der Waals surface area contributed by atoms with E-state index in [-0.39, 0.29) is 11.4 Å². The van der Waals surface area contributed by atoms with E-state index in [1.165, 1.54) is 12.3 Å². The van der Waals surface area contributed by atoms with Crippen LogP contribution in [0.15, 0.2) is 6.20 Å². The fourth-order valence-corrected chi connectivity index (χ4v) is 0.782. The second kappa shape index (κ2) is 3.21. The monoisotopic (exact) mass is 168 g/mol. The number of aromatic amines is 1. The van der Waals surface area contributed by atoms with Crippen molar-refractivity contribution in [3.63, 3.8) is 0 Å². The number of nitrogen functional groups attached to an aromatic ring is 1. The van der Waals surface area contributed by atoms with Crippen molar-refractivity contribution in [3.05, 3.63) is 11.8 Å². The van der Waals surface area contributed by atoms with Crippen molar-refractivity contribution in [2.45, 2.75) is 12.2 Å². The summed E-state index contributed by atoms with van der Waals surface area (Å²) >= 11 is 0. The molecular weight excluding hydrogens is 160 g/mol. The number of H-pyrrole nitrogens is 1. The van der Waals surface area contributed by atoms with Crippen molar-refractivity contribution in [2.24, 2.45) is 0 Å². The van der Waals surface area contributed by atoms with E-state index in [2.05, 4.69) is 10.2 Å². The largest absolute Gasteiger partial charge is 0.384 e. The standard InChI is InChI=1S/C6H8N4O2/c7-1-4(11)5(12)3-2-9-10-6(3)8/h2,4-5,11-12H,(H3,8,9,10). The molecule has 6 nitrogen and oxygen atoms in total. The molecule has 0 bridgehead atoms. The van der Waals surface area contributed by atoms with Gasteiger partial charge in [0.15, 0.2) is 6.10 Å². The summed E-state index contributed by atoms with van der Waals surface area (Å²) in [6.45, 7) is 0. The highest BCUT2D eigenvalue weighted by Gasteiger charge is 2.20. The number of aromatic nitrogens is 2. The number of aliphatic hydroxyl groups excluding tert-OH is 2. The Hall–Kier alpha value is -1.58. The number of nitriles is 1. The lowest BCUT2D eigenvalue weighted by atomic mass is 10.1. The van der Waals surface area contributed by atoms with Gasteiger partial charge in [-0.05, 0) is 0 Å². The maximum atomic E-state index is 9.25. The summed E-state index contributed by atoms with van der Waals surface area (Å²) in [5.41, 5.74) is 5.56. The van der Waals surface area contributed by atoms with Crippen molar-refractivity contribution < 1.29 is 10.2 Å². The number of anilines is 1. The van der Waals surface area contributed by atoms with Crippen LogP contribution >= 0.6 is 0 Å². The molecule has 0 aliphatic rings. The molecule has 1 aromatic heterocycles. The van der Waals surface area contributed by atoms with E-state index in [0.29, 0.717) is 0 Å². The summed E-state index contributed by atoms with van der Waals surface area (Å²) in [5, 5.41) is 32.3. The van der Waals surface area contributed by atoms with Gasteiger partial charge in [0.05, 0.1) is 12.3 Å². The third-order valence-corrected chi connectivity index (χ3v) is 1.45.